The minimum Gasteiger partial charge on any atom is -0.496 e. The second-order valence-corrected chi connectivity index (χ2v) is 7.88. The highest BCUT2D eigenvalue weighted by Crippen LogP contribution is 2.40. The summed E-state index contributed by atoms with van der Waals surface area (Å²) >= 11 is 1.56. The van der Waals surface area contributed by atoms with Crippen molar-refractivity contribution in [1.82, 2.24) is 19.9 Å². The number of para-hydroxylation sites is 2. The van der Waals surface area contributed by atoms with Crippen LogP contribution >= 0.6 is 11.8 Å². The number of rotatable bonds is 7. The van der Waals surface area contributed by atoms with E-state index in [0.717, 1.165) is 39.4 Å². The van der Waals surface area contributed by atoms with Crippen LogP contribution in [0.15, 0.2) is 70.3 Å². The lowest BCUT2D eigenvalue weighted by Crippen LogP contribution is -2.01. The average Bonchev–Trinajstić information content (AvgIpc) is 3.35. The van der Waals surface area contributed by atoms with Gasteiger partial charge < -0.3 is 9.26 Å². The van der Waals surface area contributed by atoms with Crippen molar-refractivity contribution in [1.29, 1.82) is 0 Å². The predicted octanol–water partition coefficient (Wildman–Crippen LogP) is 5.10. The van der Waals surface area contributed by atoms with Gasteiger partial charge in [-0.05, 0) is 37.1 Å². The van der Waals surface area contributed by atoms with E-state index >= 15 is 0 Å². The molecule has 0 radical (unpaired) electrons. The van der Waals surface area contributed by atoms with Crippen LogP contribution in [0.3, 0.4) is 0 Å². The Labute approximate surface area is 172 Å². The Kier molecular flexibility index (Phi) is 4.81. The van der Waals surface area contributed by atoms with Crippen molar-refractivity contribution < 1.29 is 9.26 Å². The van der Waals surface area contributed by atoms with E-state index < -0.39 is 0 Å². The lowest BCUT2D eigenvalue weighted by atomic mass is 10.1. The molecular weight excluding hydrogens is 384 g/mol. The maximum Gasteiger partial charge on any atom is 0.209 e. The molecule has 1 saturated carbocycles. The minimum atomic E-state index is 0.513. The smallest absolute Gasteiger partial charge is 0.209 e. The van der Waals surface area contributed by atoms with Crippen LogP contribution in [0, 0.1) is 0 Å². The first-order valence-electron chi connectivity index (χ1n) is 9.56. The van der Waals surface area contributed by atoms with E-state index in [1.165, 1.54) is 12.8 Å². The van der Waals surface area contributed by atoms with E-state index in [2.05, 4.69) is 17.3 Å². The topological polar surface area (TPSA) is 66.0 Å². The summed E-state index contributed by atoms with van der Waals surface area (Å²) in [4.78, 5) is 4.79. The fraction of sp³-hybridized carbons (Fsp3) is 0.227. The van der Waals surface area contributed by atoms with Crippen LogP contribution in [0.4, 0.5) is 0 Å². The average molecular weight is 404 g/mol. The van der Waals surface area contributed by atoms with E-state index in [1.807, 2.05) is 53.2 Å². The second kappa shape index (κ2) is 7.75. The molecule has 5 rings (SSSR count). The quantitative estimate of drug-likeness (QED) is 0.399. The number of benzene rings is 2. The Morgan fingerprint density at radius 3 is 2.69 bits per heavy atom. The molecule has 0 aliphatic heterocycles. The van der Waals surface area contributed by atoms with Gasteiger partial charge in [-0.3, -0.25) is 0 Å². The van der Waals surface area contributed by atoms with Crippen LogP contribution in [0.1, 0.15) is 30.3 Å². The minimum absolute atomic E-state index is 0.513. The second-order valence-electron chi connectivity index (χ2n) is 6.94. The van der Waals surface area contributed by atoms with Crippen LogP contribution in [-0.4, -0.2) is 27.0 Å². The number of hydrogen-bond donors (Lipinski definition) is 0. The number of nitrogens with zero attached hydrogens (tertiary/aromatic N) is 4. The normalized spacial score (nSPS) is 13.6. The van der Waals surface area contributed by atoms with Crippen LogP contribution in [0.5, 0.6) is 5.75 Å². The summed E-state index contributed by atoms with van der Waals surface area (Å²) in [5, 5.41) is 9.69. The third-order valence-electron chi connectivity index (χ3n) is 4.84. The largest absolute Gasteiger partial charge is 0.496 e. The molecule has 0 bridgehead atoms. The van der Waals surface area contributed by atoms with Crippen molar-refractivity contribution in [3.05, 3.63) is 72.2 Å². The summed E-state index contributed by atoms with van der Waals surface area (Å²) in [6, 6.07) is 19.9. The SMILES string of the molecule is COc1ccccc1-c1cc(CSc2nc(C3CC3)n(-c3ccccc3)n2)on1. The number of aromatic nitrogens is 4. The molecule has 0 N–H and O–H groups in total. The number of thioether (sulfide) groups is 1. The first-order valence-corrected chi connectivity index (χ1v) is 10.5. The van der Waals surface area contributed by atoms with Crippen molar-refractivity contribution in [3.8, 4) is 22.7 Å². The van der Waals surface area contributed by atoms with Crippen molar-refractivity contribution in [2.24, 2.45) is 0 Å². The van der Waals surface area contributed by atoms with Gasteiger partial charge in [-0.25, -0.2) is 9.67 Å². The zero-order valence-electron chi connectivity index (χ0n) is 16.0. The van der Waals surface area contributed by atoms with Crippen LogP contribution in [-0.2, 0) is 5.75 Å². The van der Waals surface area contributed by atoms with E-state index in [9.17, 15) is 0 Å². The maximum absolute atomic E-state index is 5.53. The summed E-state index contributed by atoms with van der Waals surface area (Å²) in [6.07, 6.45) is 2.36. The molecule has 6 nitrogen and oxygen atoms in total. The van der Waals surface area contributed by atoms with Crippen LogP contribution in [0.25, 0.3) is 16.9 Å². The van der Waals surface area contributed by atoms with Gasteiger partial charge in [-0.2, -0.15) is 0 Å². The molecule has 7 heteroatoms. The first kappa shape index (κ1) is 18.0. The van der Waals surface area contributed by atoms with Crippen LogP contribution < -0.4 is 4.74 Å². The third-order valence-corrected chi connectivity index (χ3v) is 5.70. The molecule has 1 aliphatic carbocycles. The van der Waals surface area contributed by atoms with Crippen molar-refractivity contribution in [2.75, 3.05) is 7.11 Å². The molecule has 0 amide bonds. The summed E-state index contributed by atoms with van der Waals surface area (Å²) in [7, 11) is 1.65. The highest BCUT2D eigenvalue weighted by Gasteiger charge is 2.30. The molecular formula is C22H20N4O2S. The Morgan fingerprint density at radius 2 is 1.90 bits per heavy atom. The zero-order chi connectivity index (χ0) is 19.6. The van der Waals surface area contributed by atoms with Crippen molar-refractivity contribution in [2.45, 2.75) is 29.7 Å². The van der Waals surface area contributed by atoms with Gasteiger partial charge in [-0.15, -0.1) is 5.10 Å². The van der Waals surface area contributed by atoms with Gasteiger partial charge in [0.05, 0.1) is 18.6 Å². The first-order chi connectivity index (χ1) is 14.3. The molecule has 4 aromatic rings. The summed E-state index contributed by atoms with van der Waals surface area (Å²) in [6.45, 7) is 0. The number of methoxy groups -OCH3 is 1. The lowest BCUT2D eigenvalue weighted by molar-refractivity contribution is 0.395. The van der Waals surface area contributed by atoms with Gasteiger partial charge in [0.2, 0.25) is 5.16 Å². The molecule has 146 valence electrons. The van der Waals surface area contributed by atoms with Gasteiger partial charge in [0, 0.05) is 17.5 Å². The van der Waals surface area contributed by atoms with Crippen molar-refractivity contribution in [3.63, 3.8) is 0 Å². The molecule has 2 aromatic heterocycles. The summed E-state index contributed by atoms with van der Waals surface area (Å²) < 4.78 is 12.9. The molecule has 29 heavy (non-hydrogen) atoms. The Bertz CT molecular complexity index is 1120. The molecule has 0 unspecified atom stereocenters. The monoisotopic (exact) mass is 404 g/mol. The van der Waals surface area contributed by atoms with E-state index in [-0.39, 0.29) is 0 Å². The highest BCUT2D eigenvalue weighted by atomic mass is 32.2. The fourth-order valence-corrected chi connectivity index (χ4v) is 3.94. The summed E-state index contributed by atoms with van der Waals surface area (Å²) in [5.74, 6) is 3.73. The van der Waals surface area contributed by atoms with E-state index in [1.54, 1.807) is 18.9 Å². The fourth-order valence-electron chi connectivity index (χ4n) is 3.23. The Hall–Kier alpha value is -3.06. The zero-order valence-corrected chi connectivity index (χ0v) is 16.8. The van der Waals surface area contributed by atoms with E-state index in [4.69, 9.17) is 19.3 Å². The Morgan fingerprint density at radius 1 is 1.10 bits per heavy atom. The van der Waals surface area contributed by atoms with E-state index in [0.29, 0.717) is 11.7 Å². The lowest BCUT2D eigenvalue weighted by Gasteiger charge is -2.03. The molecule has 0 atom stereocenters. The van der Waals surface area contributed by atoms with Gasteiger partial charge in [0.15, 0.2) is 0 Å². The van der Waals surface area contributed by atoms with Gasteiger partial charge in [0.1, 0.15) is 23.0 Å². The molecule has 0 saturated heterocycles. The Balaban J connectivity index is 1.34. The maximum atomic E-state index is 5.53. The predicted molar refractivity (Wildman–Crippen MR) is 111 cm³/mol. The number of hydrogen-bond acceptors (Lipinski definition) is 6. The van der Waals surface area contributed by atoms with Crippen molar-refractivity contribution >= 4 is 11.8 Å². The number of ether oxygens (including phenoxy) is 1. The molecule has 0 spiro atoms. The van der Waals surface area contributed by atoms with Gasteiger partial charge in [0.25, 0.3) is 0 Å². The van der Waals surface area contributed by atoms with Gasteiger partial charge in [-0.1, -0.05) is 47.3 Å². The molecule has 1 aliphatic rings. The van der Waals surface area contributed by atoms with Crippen LogP contribution in [0.2, 0.25) is 0 Å². The molecule has 2 aromatic carbocycles. The molecule has 1 fully saturated rings. The van der Waals surface area contributed by atoms with Gasteiger partial charge >= 0.3 is 0 Å². The molecule has 2 heterocycles. The highest BCUT2D eigenvalue weighted by molar-refractivity contribution is 7.98. The summed E-state index contributed by atoms with van der Waals surface area (Å²) in [5.41, 5.74) is 2.73. The third kappa shape index (κ3) is 3.78. The standard InChI is InChI=1S/C22H20N4O2S/c1-27-20-10-6-5-9-18(20)19-13-17(28-25-19)14-29-22-23-21(15-11-12-15)26(24-22)16-7-3-2-4-8-16/h2-10,13,15H,11-12,14H2,1H3.